The molecule has 22 heavy (non-hydrogen) atoms. The second-order valence-electron chi connectivity index (χ2n) is 5.25. The van der Waals surface area contributed by atoms with Crippen LogP contribution in [0.15, 0.2) is 28.8 Å². The van der Waals surface area contributed by atoms with Gasteiger partial charge in [-0.1, -0.05) is 28.9 Å². The van der Waals surface area contributed by atoms with E-state index in [-0.39, 0.29) is 12.6 Å². The summed E-state index contributed by atoms with van der Waals surface area (Å²) in [6.45, 7) is 5.87. The lowest BCUT2D eigenvalue weighted by Crippen LogP contribution is -2.34. The Balaban J connectivity index is 1.80. The maximum atomic E-state index is 11.8. The lowest BCUT2D eigenvalue weighted by atomic mass is 10.1. The van der Waals surface area contributed by atoms with Crippen LogP contribution in [0.4, 0.5) is 4.79 Å². The number of amides is 1. The van der Waals surface area contributed by atoms with Crippen molar-refractivity contribution in [2.24, 2.45) is 0 Å². The minimum absolute atomic E-state index is 0.0745. The van der Waals surface area contributed by atoms with E-state index in [2.05, 4.69) is 10.5 Å². The van der Waals surface area contributed by atoms with Crippen LogP contribution in [-0.2, 0) is 17.8 Å². The smallest absolute Gasteiger partial charge is 0.407 e. The van der Waals surface area contributed by atoms with E-state index in [1.165, 1.54) is 0 Å². The summed E-state index contributed by atoms with van der Waals surface area (Å²) in [5, 5.41) is 7.35. The van der Waals surface area contributed by atoms with Gasteiger partial charge in [0.25, 0.3) is 0 Å². The standard InChI is InChI=1S/C16H19ClN2O3/c1-10(8-15-11(2)19-22-12(15)3)18-16(20)21-9-13-4-6-14(17)7-5-13/h4-7,10H,8-9H2,1-3H3,(H,18,20)/t10-/m0/s1. The first kappa shape index (κ1) is 16.4. The van der Waals surface area contributed by atoms with E-state index in [9.17, 15) is 4.79 Å². The summed E-state index contributed by atoms with van der Waals surface area (Å²) in [4.78, 5) is 11.8. The quantitative estimate of drug-likeness (QED) is 0.909. The fourth-order valence-electron chi connectivity index (χ4n) is 2.12. The molecule has 1 atom stereocenters. The number of nitrogens with one attached hydrogen (secondary N) is 1. The van der Waals surface area contributed by atoms with Gasteiger partial charge in [-0.3, -0.25) is 0 Å². The molecule has 118 valence electrons. The molecule has 0 fully saturated rings. The minimum atomic E-state index is -0.450. The normalized spacial score (nSPS) is 12.0. The Bertz CT molecular complexity index is 618. The van der Waals surface area contributed by atoms with Gasteiger partial charge in [-0.15, -0.1) is 0 Å². The lowest BCUT2D eigenvalue weighted by molar-refractivity contribution is 0.136. The fourth-order valence-corrected chi connectivity index (χ4v) is 2.25. The van der Waals surface area contributed by atoms with Crippen LogP contribution >= 0.6 is 11.6 Å². The van der Waals surface area contributed by atoms with Crippen LogP contribution in [-0.4, -0.2) is 17.3 Å². The highest BCUT2D eigenvalue weighted by Crippen LogP contribution is 2.14. The predicted molar refractivity (Wildman–Crippen MR) is 83.9 cm³/mol. The molecule has 0 unspecified atom stereocenters. The number of nitrogens with zero attached hydrogens (tertiary/aromatic N) is 1. The molecule has 1 aromatic carbocycles. The van der Waals surface area contributed by atoms with Crippen molar-refractivity contribution < 1.29 is 14.1 Å². The Kier molecular flexibility index (Phi) is 5.44. The summed E-state index contributed by atoms with van der Waals surface area (Å²) in [7, 11) is 0. The molecule has 1 amide bonds. The zero-order chi connectivity index (χ0) is 16.1. The lowest BCUT2D eigenvalue weighted by Gasteiger charge is -2.14. The van der Waals surface area contributed by atoms with Crippen LogP contribution in [0.3, 0.4) is 0 Å². The molecule has 0 aliphatic heterocycles. The van der Waals surface area contributed by atoms with Gasteiger partial charge in [0.15, 0.2) is 0 Å². The predicted octanol–water partition coefficient (Wildman–Crippen LogP) is 3.80. The average Bonchev–Trinajstić information content (AvgIpc) is 2.78. The van der Waals surface area contributed by atoms with Crippen LogP contribution in [0, 0.1) is 13.8 Å². The zero-order valence-corrected chi connectivity index (χ0v) is 13.6. The Labute approximate surface area is 134 Å². The van der Waals surface area contributed by atoms with Crippen molar-refractivity contribution in [3.8, 4) is 0 Å². The number of alkyl carbamates (subject to hydrolysis) is 1. The van der Waals surface area contributed by atoms with Gasteiger partial charge in [-0.25, -0.2) is 4.79 Å². The third-order valence-corrected chi connectivity index (χ3v) is 3.59. The van der Waals surface area contributed by atoms with E-state index in [4.69, 9.17) is 20.9 Å². The van der Waals surface area contributed by atoms with Crippen molar-refractivity contribution in [1.29, 1.82) is 0 Å². The van der Waals surface area contributed by atoms with Crippen molar-refractivity contribution in [2.45, 2.75) is 39.8 Å². The first-order valence-corrected chi connectivity index (χ1v) is 7.43. The van der Waals surface area contributed by atoms with E-state index in [0.717, 1.165) is 22.6 Å². The Morgan fingerprint density at radius 1 is 1.36 bits per heavy atom. The summed E-state index contributed by atoms with van der Waals surface area (Å²) < 4.78 is 10.3. The number of carbonyl (C=O) groups excluding carboxylic acids is 1. The van der Waals surface area contributed by atoms with Gasteiger partial charge < -0.3 is 14.6 Å². The van der Waals surface area contributed by atoms with Crippen LogP contribution in [0.1, 0.15) is 29.5 Å². The molecule has 1 heterocycles. The summed E-state index contributed by atoms with van der Waals surface area (Å²) in [6, 6.07) is 7.09. The SMILES string of the molecule is Cc1noc(C)c1C[C@H](C)NC(=O)OCc1ccc(Cl)cc1. The summed E-state index contributed by atoms with van der Waals surface area (Å²) in [5.74, 6) is 0.778. The number of ether oxygens (including phenoxy) is 1. The molecular formula is C16H19ClN2O3. The van der Waals surface area contributed by atoms with Crippen molar-refractivity contribution in [2.75, 3.05) is 0 Å². The molecule has 0 radical (unpaired) electrons. The molecule has 2 aromatic rings. The first-order valence-electron chi connectivity index (χ1n) is 7.05. The number of aryl methyl sites for hydroxylation is 2. The number of rotatable bonds is 5. The van der Waals surface area contributed by atoms with E-state index < -0.39 is 6.09 Å². The van der Waals surface area contributed by atoms with Crippen LogP contribution in [0.25, 0.3) is 0 Å². The number of hydrogen-bond acceptors (Lipinski definition) is 4. The zero-order valence-electron chi connectivity index (χ0n) is 12.9. The molecule has 0 saturated heterocycles. The molecular weight excluding hydrogens is 304 g/mol. The first-order chi connectivity index (χ1) is 10.5. The maximum absolute atomic E-state index is 11.8. The van der Waals surface area contributed by atoms with Gasteiger partial charge in [0.2, 0.25) is 0 Å². The second kappa shape index (κ2) is 7.31. The molecule has 0 bridgehead atoms. The number of hydrogen-bond donors (Lipinski definition) is 1. The average molecular weight is 323 g/mol. The number of benzene rings is 1. The van der Waals surface area contributed by atoms with Crippen LogP contribution < -0.4 is 5.32 Å². The second-order valence-corrected chi connectivity index (χ2v) is 5.69. The van der Waals surface area contributed by atoms with Gasteiger partial charge in [0.05, 0.1) is 5.69 Å². The van der Waals surface area contributed by atoms with E-state index >= 15 is 0 Å². The number of aromatic nitrogens is 1. The van der Waals surface area contributed by atoms with Gasteiger partial charge in [0, 0.05) is 16.6 Å². The van der Waals surface area contributed by atoms with E-state index in [0.29, 0.717) is 11.4 Å². The molecule has 0 saturated carbocycles. The Hall–Kier alpha value is -2.01. The summed E-state index contributed by atoms with van der Waals surface area (Å²) in [6.07, 6.45) is 0.200. The van der Waals surface area contributed by atoms with Crippen LogP contribution in [0.5, 0.6) is 0 Å². The van der Waals surface area contributed by atoms with Crippen LogP contribution in [0.2, 0.25) is 5.02 Å². The van der Waals surface area contributed by atoms with Gasteiger partial charge in [-0.05, 0) is 44.9 Å². The highest BCUT2D eigenvalue weighted by molar-refractivity contribution is 6.30. The monoisotopic (exact) mass is 322 g/mol. The Morgan fingerprint density at radius 2 is 2.05 bits per heavy atom. The third-order valence-electron chi connectivity index (χ3n) is 3.34. The molecule has 0 aliphatic rings. The summed E-state index contributed by atoms with van der Waals surface area (Å²) in [5.41, 5.74) is 2.75. The molecule has 0 aliphatic carbocycles. The number of halogens is 1. The molecule has 1 aromatic heterocycles. The molecule has 5 nitrogen and oxygen atoms in total. The van der Waals surface area contributed by atoms with Crippen molar-refractivity contribution in [3.63, 3.8) is 0 Å². The van der Waals surface area contributed by atoms with Crippen molar-refractivity contribution in [1.82, 2.24) is 10.5 Å². The topological polar surface area (TPSA) is 64.4 Å². The van der Waals surface area contributed by atoms with Gasteiger partial charge in [-0.2, -0.15) is 0 Å². The fraction of sp³-hybridized carbons (Fsp3) is 0.375. The third kappa shape index (κ3) is 4.49. The van der Waals surface area contributed by atoms with Gasteiger partial charge in [0.1, 0.15) is 12.4 Å². The largest absolute Gasteiger partial charge is 0.445 e. The van der Waals surface area contributed by atoms with E-state index in [1.54, 1.807) is 12.1 Å². The van der Waals surface area contributed by atoms with E-state index in [1.807, 2.05) is 32.9 Å². The summed E-state index contributed by atoms with van der Waals surface area (Å²) >= 11 is 5.80. The maximum Gasteiger partial charge on any atom is 0.407 e. The van der Waals surface area contributed by atoms with Crippen molar-refractivity contribution in [3.05, 3.63) is 51.9 Å². The molecule has 1 N–H and O–H groups in total. The molecule has 0 spiro atoms. The minimum Gasteiger partial charge on any atom is -0.445 e. The molecule has 2 rings (SSSR count). The highest BCUT2D eigenvalue weighted by atomic mass is 35.5. The Morgan fingerprint density at radius 3 is 2.64 bits per heavy atom. The van der Waals surface area contributed by atoms with Gasteiger partial charge >= 0.3 is 6.09 Å². The molecule has 6 heteroatoms. The number of carbonyl (C=O) groups is 1. The van der Waals surface area contributed by atoms with Crippen molar-refractivity contribution >= 4 is 17.7 Å². The highest BCUT2D eigenvalue weighted by Gasteiger charge is 2.15.